The van der Waals surface area contributed by atoms with E-state index in [4.69, 9.17) is 4.74 Å². The van der Waals surface area contributed by atoms with Gasteiger partial charge >= 0.3 is 0 Å². The molecule has 0 bridgehead atoms. The third-order valence-electron chi connectivity index (χ3n) is 4.60. The Labute approximate surface area is 161 Å². The SMILES string of the molecule is COc1cccc(CCNC(=O)CCN(C(C)=O)C(C)c2ccccc2)c1. The van der Waals surface area contributed by atoms with Gasteiger partial charge in [0.25, 0.3) is 0 Å². The third-order valence-corrected chi connectivity index (χ3v) is 4.60. The fraction of sp³-hybridized carbons (Fsp3) is 0.364. The Morgan fingerprint density at radius 3 is 2.52 bits per heavy atom. The van der Waals surface area contributed by atoms with Crippen molar-refractivity contribution in [1.29, 1.82) is 0 Å². The van der Waals surface area contributed by atoms with E-state index in [2.05, 4.69) is 5.32 Å². The lowest BCUT2D eigenvalue weighted by atomic mass is 10.1. The van der Waals surface area contributed by atoms with Crippen molar-refractivity contribution >= 4 is 11.8 Å². The van der Waals surface area contributed by atoms with E-state index in [0.29, 0.717) is 13.1 Å². The monoisotopic (exact) mass is 368 g/mol. The van der Waals surface area contributed by atoms with Gasteiger partial charge in [0, 0.05) is 26.4 Å². The molecule has 1 atom stereocenters. The van der Waals surface area contributed by atoms with E-state index in [0.717, 1.165) is 23.3 Å². The van der Waals surface area contributed by atoms with Crippen molar-refractivity contribution in [3.63, 3.8) is 0 Å². The first-order valence-electron chi connectivity index (χ1n) is 9.23. The zero-order valence-corrected chi connectivity index (χ0v) is 16.3. The minimum absolute atomic E-state index is 0.0319. The lowest BCUT2D eigenvalue weighted by Gasteiger charge is -2.28. The summed E-state index contributed by atoms with van der Waals surface area (Å²) in [5.41, 5.74) is 2.17. The molecule has 2 aromatic rings. The lowest BCUT2D eigenvalue weighted by molar-refractivity contribution is -0.131. The van der Waals surface area contributed by atoms with Crippen molar-refractivity contribution in [1.82, 2.24) is 10.2 Å². The summed E-state index contributed by atoms with van der Waals surface area (Å²) in [5, 5.41) is 2.92. The number of rotatable bonds is 9. The van der Waals surface area contributed by atoms with Gasteiger partial charge in [0.05, 0.1) is 13.2 Å². The van der Waals surface area contributed by atoms with Gasteiger partial charge in [-0.2, -0.15) is 0 Å². The van der Waals surface area contributed by atoms with Crippen LogP contribution in [0.4, 0.5) is 0 Å². The van der Waals surface area contributed by atoms with E-state index in [1.54, 1.807) is 18.9 Å². The number of carbonyl (C=O) groups excluding carboxylic acids is 2. The summed E-state index contributed by atoms with van der Waals surface area (Å²) in [4.78, 5) is 25.9. The van der Waals surface area contributed by atoms with E-state index < -0.39 is 0 Å². The Bertz CT molecular complexity index is 746. The van der Waals surface area contributed by atoms with Crippen LogP contribution in [0.3, 0.4) is 0 Å². The molecular formula is C22H28N2O3. The standard InChI is InChI=1S/C22H28N2O3/c1-17(20-9-5-4-6-10-20)24(18(2)25)15-13-22(26)23-14-12-19-8-7-11-21(16-19)27-3/h4-11,16-17H,12-15H2,1-3H3,(H,23,26). The minimum Gasteiger partial charge on any atom is -0.497 e. The highest BCUT2D eigenvalue weighted by molar-refractivity contribution is 5.78. The predicted molar refractivity (Wildman–Crippen MR) is 107 cm³/mol. The average molecular weight is 368 g/mol. The van der Waals surface area contributed by atoms with Gasteiger partial charge in [0.2, 0.25) is 11.8 Å². The molecule has 1 unspecified atom stereocenters. The maximum Gasteiger partial charge on any atom is 0.221 e. The molecule has 0 saturated carbocycles. The Balaban J connectivity index is 1.80. The molecule has 0 aliphatic heterocycles. The molecule has 0 heterocycles. The van der Waals surface area contributed by atoms with Gasteiger partial charge < -0.3 is 15.0 Å². The molecule has 0 fully saturated rings. The van der Waals surface area contributed by atoms with Gasteiger partial charge in [-0.05, 0) is 36.6 Å². The molecule has 0 radical (unpaired) electrons. The number of nitrogens with zero attached hydrogens (tertiary/aromatic N) is 1. The number of carbonyl (C=O) groups is 2. The highest BCUT2D eigenvalue weighted by Gasteiger charge is 2.19. The van der Waals surface area contributed by atoms with Crippen LogP contribution in [0.5, 0.6) is 5.75 Å². The highest BCUT2D eigenvalue weighted by atomic mass is 16.5. The Kier molecular flexibility index (Phi) is 7.86. The molecule has 0 saturated heterocycles. The molecule has 2 rings (SSSR count). The van der Waals surface area contributed by atoms with Crippen LogP contribution < -0.4 is 10.1 Å². The molecule has 5 heteroatoms. The van der Waals surface area contributed by atoms with Gasteiger partial charge in [-0.15, -0.1) is 0 Å². The maximum atomic E-state index is 12.2. The van der Waals surface area contributed by atoms with Gasteiger partial charge in [-0.1, -0.05) is 42.5 Å². The number of methoxy groups -OCH3 is 1. The number of hydrogen-bond acceptors (Lipinski definition) is 3. The molecule has 5 nitrogen and oxygen atoms in total. The van der Waals surface area contributed by atoms with E-state index in [-0.39, 0.29) is 24.3 Å². The molecule has 0 aliphatic rings. The zero-order valence-electron chi connectivity index (χ0n) is 16.3. The fourth-order valence-electron chi connectivity index (χ4n) is 3.02. The summed E-state index contributed by atoms with van der Waals surface area (Å²) in [7, 11) is 1.64. The molecule has 0 aliphatic carbocycles. The zero-order chi connectivity index (χ0) is 19.6. The van der Waals surface area contributed by atoms with Gasteiger partial charge in [0.1, 0.15) is 5.75 Å². The van der Waals surface area contributed by atoms with Crippen LogP contribution in [-0.2, 0) is 16.0 Å². The van der Waals surface area contributed by atoms with E-state index >= 15 is 0 Å². The molecular weight excluding hydrogens is 340 g/mol. The number of hydrogen-bond donors (Lipinski definition) is 1. The number of benzene rings is 2. The van der Waals surface area contributed by atoms with Crippen LogP contribution in [0.2, 0.25) is 0 Å². The summed E-state index contributed by atoms with van der Waals surface area (Å²) in [5.74, 6) is 0.728. The van der Waals surface area contributed by atoms with Crippen molar-refractivity contribution in [3.8, 4) is 5.75 Å². The average Bonchev–Trinajstić information content (AvgIpc) is 2.68. The Morgan fingerprint density at radius 1 is 1.11 bits per heavy atom. The van der Waals surface area contributed by atoms with E-state index in [9.17, 15) is 9.59 Å². The highest BCUT2D eigenvalue weighted by Crippen LogP contribution is 2.20. The van der Waals surface area contributed by atoms with Crippen LogP contribution in [0, 0.1) is 0 Å². The number of amides is 2. The van der Waals surface area contributed by atoms with Crippen LogP contribution in [0.25, 0.3) is 0 Å². The fourth-order valence-corrected chi connectivity index (χ4v) is 3.02. The van der Waals surface area contributed by atoms with Crippen LogP contribution in [0.1, 0.15) is 37.4 Å². The lowest BCUT2D eigenvalue weighted by Crippen LogP contribution is -2.36. The number of ether oxygens (including phenoxy) is 1. The van der Waals surface area contributed by atoms with Crippen molar-refractivity contribution in [2.45, 2.75) is 32.7 Å². The van der Waals surface area contributed by atoms with Crippen LogP contribution >= 0.6 is 0 Å². The normalized spacial score (nSPS) is 11.5. The molecule has 2 aromatic carbocycles. The summed E-state index contributed by atoms with van der Waals surface area (Å²) in [6.45, 7) is 4.48. The molecule has 0 spiro atoms. The van der Waals surface area contributed by atoms with Crippen molar-refractivity contribution in [3.05, 3.63) is 65.7 Å². The first-order chi connectivity index (χ1) is 13.0. The molecule has 144 valence electrons. The smallest absolute Gasteiger partial charge is 0.221 e. The second-order valence-corrected chi connectivity index (χ2v) is 6.50. The molecule has 2 amide bonds. The van der Waals surface area contributed by atoms with Crippen molar-refractivity contribution in [2.75, 3.05) is 20.2 Å². The second kappa shape index (κ2) is 10.4. The van der Waals surface area contributed by atoms with Gasteiger partial charge in [-0.25, -0.2) is 0 Å². The van der Waals surface area contributed by atoms with Crippen molar-refractivity contribution < 1.29 is 14.3 Å². The maximum absolute atomic E-state index is 12.2. The van der Waals surface area contributed by atoms with Gasteiger partial charge in [-0.3, -0.25) is 9.59 Å². The van der Waals surface area contributed by atoms with Crippen LogP contribution in [0.15, 0.2) is 54.6 Å². The minimum atomic E-state index is -0.0618. The summed E-state index contributed by atoms with van der Waals surface area (Å²) in [6.07, 6.45) is 1.02. The number of nitrogens with one attached hydrogen (secondary N) is 1. The first-order valence-corrected chi connectivity index (χ1v) is 9.23. The van der Waals surface area contributed by atoms with E-state index in [1.165, 1.54) is 0 Å². The second-order valence-electron chi connectivity index (χ2n) is 6.50. The largest absolute Gasteiger partial charge is 0.497 e. The topological polar surface area (TPSA) is 58.6 Å². The summed E-state index contributed by atoms with van der Waals surface area (Å²) >= 11 is 0. The van der Waals surface area contributed by atoms with Crippen LogP contribution in [-0.4, -0.2) is 36.9 Å². The van der Waals surface area contributed by atoms with Gasteiger partial charge in [0.15, 0.2) is 0 Å². The Morgan fingerprint density at radius 2 is 1.85 bits per heavy atom. The van der Waals surface area contributed by atoms with Crippen molar-refractivity contribution in [2.24, 2.45) is 0 Å². The first kappa shape index (κ1) is 20.5. The quantitative estimate of drug-likeness (QED) is 0.738. The summed E-state index contributed by atoms with van der Waals surface area (Å²) < 4.78 is 5.20. The third kappa shape index (κ3) is 6.44. The van der Waals surface area contributed by atoms with E-state index in [1.807, 2.05) is 61.5 Å². The molecule has 0 aromatic heterocycles. The molecule has 1 N–H and O–H groups in total. The summed E-state index contributed by atoms with van der Waals surface area (Å²) in [6, 6.07) is 17.6. The molecule has 27 heavy (non-hydrogen) atoms. The predicted octanol–water partition coefficient (Wildman–Crippen LogP) is 3.35. The Hall–Kier alpha value is -2.82.